The monoisotopic (exact) mass is 309 g/mol. The number of carboxylic acid groups (broad SMARTS) is 1. The van der Waals surface area contributed by atoms with E-state index >= 15 is 0 Å². The molecule has 5 nitrogen and oxygen atoms in total. The van der Waals surface area contributed by atoms with Crippen molar-refractivity contribution in [3.8, 4) is 5.75 Å². The Balaban J connectivity index is 1.78. The first-order valence-corrected chi connectivity index (χ1v) is 7.38. The number of hydrogen-bond acceptors (Lipinski definition) is 4. The fourth-order valence-corrected chi connectivity index (χ4v) is 3.54. The fourth-order valence-electron chi connectivity index (χ4n) is 2.29. The van der Waals surface area contributed by atoms with Crippen molar-refractivity contribution in [3.05, 3.63) is 41.4 Å². The number of hydrogen-bond donors (Lipinski definition) is 1. The lowest BCUT2D eigenvalue weighted by atomic mass is 10.1. The van der Waals surface area contributed by atoms with Crippen molar-refractivity contribution in [3.63, 3.8) is 0 Å². The van der Waals surface area contributed by atoms with E-state index in [1.807, 2.05) is 0 Å². The highest BCUT2D eigenvalue weighted by Crippen LogP contribution is 2.39. The minimum atomic E-state index is -1.12. The van der Waals surface area contributed by atoms with Crippen LogP contribution in [0.3, 0.4) is 0 Å². The van der Waals surface area contributed by atoms with Crippen molar-refractivity contribution in [2.75, 3.05) is 12.4 Å². The maximum absolute atomic E-state index is 12.8. The topological polar surface area (TPSA) is 66.8 Å². The minimum absolute atomic E-state index is 0.0251. The number of rotatable bonds is 4. The van der Waals surface area contributed by atoms with Gasteiger partial charge in [0.15, 0.2) is 0 Å². The molecule has 1 N–H and O–H groups in total. The molecule has 3 rings (SSSR count). The van der Waals surface area contributed by atoms with Crippen molar-refractivity contribution in [1.82, 2.24) is 4.90 Å². The maximum Gasteiger partial charge on any atom is 0.352 e. The Hall–Kier alpha value is -2.02. The van der Waals surface area contributed by atoms with E-state index in [1.165, 1.54) is 40.9 Å². The summed E-state index contributed by atoms with van der Waals surface area (Å²) < 4.78 is 18.3. The molecule has 21 heavy (non-hydrogen) atoms. The molecule has 110 valence electrons. The average Bonchev–Trinajstić information content (AvgIpc) is 2.45. The van der Waals surface area contributed by atoms with Gasteiger partial charge in [-0.25, -0.2) is 9.18 Å². The van der Waals surface area contributed by atoms with Crippen LogP contribution < -0.4 is 4.74 Å². The van der Waals surface area contributed by atoms with Gasteiger partial charge in [0, 0.05) is 11.3 Å². The molecule has 0 bridgehead atoms. The number of thioether (sulfide) groups is 1. The summed E-state index contributed by atoms with van der Waals surface area (Å²) in [6, 6.07) is 5.49. The summed E-state index contributed by atoms with van der Waals surface area (Å²) in [6.07, 6.45) is 0.382. The fraction of sp³-hybridized carbons (Fsp3) is 0.286. The molecule has 7 heteroatoms. The van der Waals surface area contributed by atoms with Gasteiger partial charge >= 0.3 is 5.97 Å². The van der Waals surface area contributed by atoms with E-state index in [1.54, 1.807) is 0 Å². The second kappa shape index (κ2) is 5.40. The summed E-state index contributed by atoms with van der Waals surface area (Å²) in [5.74, 6) is -0.697. The largest absolute Gasteiger partial charge is 0.489 e. The molecule has 1 aromatic carbocycles. The number of nitrogens with zero attached hydrogens (tertiary/aromatic N) is 1. The molecule has 1 atom stereocenters. The zero-order valence-corrected chi connectivity index (χ0v) is 11.7. The second-order valence-corrected chi connectivity index (χ2v) is 5.90. The molecule has 1 amide bonds. The van der Waals surface area contributed by atoms with Crippen LogP contribution in [0.15, 0.2) is 35.5 Å². The van der Waals surface area contributed by atoms with Crippen molar-refractivity contribution in [1.29, 1.82) is 0 Å². The number of amides is 1. The summed E-state index contributed by atoms with van der Waals surface area (Å²) >= 11 is 1.53. The molecular weight excluding hydrogens is 297 g/mol. The molecule has 0 aromatic heterocycles. The number of aliphatic carboxylic acids is 1. The van der Waals surface area contributed by atoms with Gasteiger partial charge in [0.25, 0.3) is 0 Å². The van der Waals surface area contributed by atoms with Crippen LogP contribution in [0.4, 0.5) is 4.39 Å². The molecule has 0 unspecified atom stereocenters. The highest BCUT2D eigenvalue weighted by molar-refractivity contribution is 8.00. The number of benzene rings is 1. The number of carboxylic acids is 1. The van der Waals surface area contributed by atoms with E-state index in [-0.39, 0.29) is 29.4 Å². The van der Waals surface area contributed by atoms with Gasteiger partial charge < -0.3 is 9.84 Å². The van der Waals surface area contributed by atoms with Gasteiger partial charge in [-0.15, -0.1) is 11.8 Å². The third-order valence-electron chi connectivity index (χ3n) is 3.36. The highest BCUT2D eigenvalue weighted by Gasteiger charge is 2.45. The molecule has 0 saturated carbocycles. The van der Waals surface area contributed by atoms with Crippen molar-refractivity contribution in [2.24, 2.45) is 0 Å². The molecule has 1 fully saturated rings. The predicted octanol–water partition coefficient (Wildman–Crippen LogP) is 1.85. The van der Waals surface area contributed by atoms with Crippen molar-refractivity contribution < 1.29 is 23.8 Å². The Morgan fingerprint density at radius 3 is 2.76 bits per heavy atom. The number of fused-ring (bicyclic) bond motifs is 1. The Morgan fingerprint density at radius 2 is 2.14 bits per heavy atom. The van der Waals surface area contributed by atoms with E-state index in [0.29, 0.717) is 23.5 Å². The highest BCUT2D eigenvalue weighted by atomic mass is 32.2. The van der Waals surface area contributed by atoms with Gasteiger partial charge in [-0.05, 0) is 24.3 Å². The van der Waals surface area contributed by atoms with E-state index in [9.17, 15) is 19.1 Å². The second-order valence-electron chi connectivity index (χ2n) is 4.73. The number of β-lactam (4-membered cyclic amide) rings is 1. The smallest absolute Gasteiger partial charge is 0.352 e. The van der Waals surface area contributed by atoms with Crippen molar-refractivity contribution in [2.45, 2.75) is 11.8 Å². The SMILES string of the molecule is O=C(O)C1=C(COc2ccc(F)cc2)CS[C@@H]2CC(=O)N12. The molecule has 1 saturated heterocycles. The molecule has 1 aromatic rings. The number of carbonyl (C=O) groups excluding carboxylic acids is 1. The Kier molecular flexibility index (Phi) is 3.59. The van der Waals surface area contributed by atoms with Crippen molar-refractivity contribution >= 4 is 23.6 Å². The predicted molar refractivity (Wildman–Crippen MR) is 74.3 cm³/mol. The van der Waals surface area contributed by atoms with Crippen LogP contribution in [0.25, 0.3) is 0 Å². The van der Waals surface area contributed by atoms with E-state index in [2.05, 4.69) is 0 Å². The zero-order valence-electron chi connectivity index (χ0n) is 10.9. The molecule has 0 radical (unpaired) electrons. The van der Waals surface area contributed by atoms with E-state index in [0.717, 1.165) is 0 Å². The quantitative estimate of drug-likeness (QED) is 0.860. The lowest BCUT2D eigenvalue weighted by Crippen LogP contribution is -2.54. The molecule has 0 aliphatic carbocycles. The lowest BCUT2D eigenvalue weighted by Gasteiger charge is -2.43. The molecular formula is C14H12FNO4S. The summed E-state index contributed by atoms with van der Waals surface area (Å²) in [5.41, 5.74) is 0.582. The van der Waals surface area contributed by atoms with Crippen LogP contribution in [-0.2, 0) is 9.59 Å². The summed E-state index contributed by atoms with van der Waals surface area (Å²) in [6.45, 7) is 0.0662. The first-order valence-electron chi connectivity index (χ1n) is 6.33. The molecule has 2 aliphatic rings. The Morgan fingerprint density at radius 1 is 1.43 bits per heavy atom. The van der Waals surface area contributed by atoms with E-state index < -0.39 is 5.97 Å². The summed E-state index contributed by atoms with van der Waals surface area (Å²) in [4.78, 5) is 24.3. The number of halogens is 1. The molecule has 0 spiro atoms. The maximum atomic E-state index is 12.8. The van der Waals surface area contributed by atoms with Crippen LogP contribution in [0.5, 0.6) is 5.75 Å². The van der Waals surface area contributed by atoms with Gasteiger partial charge in [-0.3, -0.25) is 9.69 Å². The zero-order chi connectivity index (χ0) is 15.0. The first kappa shape index (κ1) is 13.9. The summed E-state index contributed by atoms with van der Waals surface area (Å²) in [5, 5.41) is 9.24. The number of carbonyl (C=O) groups is 2. The van der Waals surface area contributed by atoms with Crippen LogP contribution >= 0.6 is 11.8 Å². The van der Waals surface area contributed by atoms with E-state index in [4.69, 9.17) is 4.74 Å². The van der Waals surface area contributed by atoms with Gasteiger partial charge in [0.2, 0.25) is 5.91 Å². The normalized spacial score (nSPS) is 20.9. The molecule has 2 aliphatic heterocycles. The van der Waals surface area contributed by atoms with Crippen LogP contribution in [0.2, 0.25) is 0 Å². The van der Waals surface area contributed by atoms with Gasteiger partial charge in [-0.1, -0.05) is 0 Å². The Labute approximate surface area is 124 Å². The van der Waals surface area contributed by atoms with Gasteiger partial charge in [-0.2, -0.15) is 0 Å². The summed E-state index contributed by atoms with van der Waals surface area (Å²) in [7, 11) is 0. The number of ether oxygens (including phenoxy) is 1. The van der Waals surface area contributed by atoms with Crippen LogP contribution in [0.1, 0.15) is 6.42 Å². The minimum Gasteiger partial charge on any atom is -0.489 e. The third kappa shape index (κ3) is 2.61. The first-order chi connectivity index (χ1) is 10.1. The van der Waals surface area contributed by atoms with Gasteiger partial charge in [0.05, 0.1) is 11.8 Å². The van der Waals surface area contributed by atoms with Crippen LogP contribution in [0, 0.1) is 5.82 Å². The average molecular weight is 309 g/mol. The van der Waals surface area contributed by atoms with Crippen LogP contribution in [-0.4, -0.2) is 39.6 Å². The lowest BCUT2D eigenvalue weighted by molar-refractivity contribution is -0.146. The Bertz CT molecular complexity index is 628. The standard InChI is InChI=1S/C14H12FNO4S/c15-9-1-3-10(4-2-9)20-6-8-7-21-12-5-11(17)16(12)13(8)14(18)19/h1-4,12H,5-7H2,(H,18,19)/t12-/m1/s1. The molecule has 2 heterocycles. The third-order valence-corrected chi connectivity index (χ3v) is 4.64. The van der Waals surface area contributed by atoms with Gasteiger partial charge in [0.1, 0.15) is 23.9 Å².